The number of pyridine rings is 1. The fourth-order valence-electron chi connectivity index (χ4n) is 2.83. The molecule has 0 atom stereocenters. The fraction of sp³-hybridized carbons (Fsp3) is 0.158. The molecular formula is C19H16N4O3. The molecule has 0 aliphatic heterocycles. The number of carbonyl (C=O) groups excluding carboxylic acids is 1. The molecule has 3 aromatic heterocycles. The van der Waals surface area contributed by atoms with E-state index in [1.807, 2.05) is 43.3 Å². The van der Waals surface area contributed by atoms with Gasteiger partial charge < -0.3 is 9.73 Å². The summed E-state index contributed by atoms with van der Waals surface area (Å²) >= 11 is 0. The first-order valence-corrected chi connectivity index (χ1v) is 8.18. The Morgan fingerprint density at radius 1 is 1.19 bits per heavy atom. The van der Waals surface area contributed by atoms with Gasteiger partial charge >= 0.3 is 0 Å². The second-order valence-corrected chi connectivity index (χ2v) is 6.00. The predicted molar refractivity (Wildman–Crippen MR) is 96.6 cm³/mol. The standard InChI is InChI=1S/C19H16N4O3/c1-12-5-4-6-13(22-12)9-20-16(24)10-23-11-21-17-14-7-2-3-8-15(14)26-18(17)19(23)25/h2-8,11H,9-10H2,1H3,(H,20,24). The van der Waals surface area contributed by atoms with Gasteiger partial charge in [-0.05, 0) is 31.2 Å². The molecule has 0 unspecified atom stereocenters. The van der Waals surface area contributed by atoms with Crippen molar-refractivity contribution in [2.24, 2.45) is 0 Å². The van der Waals surface area contributed by atoms with Gasteiger partial charge in [-0.1, -0.05) is 18.2 Å². The number of nitrogens with zero attached hydrogens (tertiary/aromatic N) is 3. The van der Waals surface area contributed by atoms with Crippen LogP contribution in [0.25, 0.3) is 22.1 Å². The Hall–Kier alpha value is -3.48. The first-order valence-electron chi connectivity index (χ1n) is 8.18. The summed E-state index contributed by atoms with van der Waals surface area (Å²) < 4.78 is 6.85. The van der Waals surface area contributed by atoms with Crippen molar-refractivity contribution in [3.63, 3.8) is 0 Å². The molecule has 7 nitrogen and oxygen atoms in total. The maximum atomic E-state index is 12.6. The van der Waals surface area contributed by atoms with Gasteiger partial charge in [0.05, 0.1) is 18.6 Å². The van der Waals surface area contributed by atoms with Gasteiger partial charge in [0, 0.05) is 11.1 Å². The molecule has 0 spiro atoms. The highest BCUT2D eigenvalue weighted by Crippen LogP contribution is 2.23. The van der Waals surface area contributed by atoms with Gasteiger partial charge in [0.25, 0.3) is 5.56 Å². The zero-order valence-electron chi connectivity index (χ0n) is 14.1. The molecule has 0 saturated heterocycles. The average molecular weight is 348 g/mol. The highest BCUT2D eigenvalue weighted by molar-refractivity contribution is 6.01. The van der Waals surface area contributed by atoms with E-state index in [-0.39, 0.29) is 23.6 Å². The van der Waals surface area contributed by atoms with Gasteiger partial charge in [-0.2, -0.15) is 0 Å². The second kappa shape index (κ2) is 6.44. The van der Waals surface area contributed by atoms with Crippen LogP contribution in [0.5, 0.6) is 0 Å². The first kappa shape index (κ1) is 16.0. The molecule has 0 aliphatic carbocycles. The fourth-order valence-corrected chi connectivity index (χ4v) is 2.83. The zero-order valence-corrected chi connectivity index (χ0v) is 14.1. The van der Waals surface area contributed by atoms with E-state index < -0.39 is 0 Å². The molecule has 0 radical (unpaired) electrons. The minimum atomic E-state index is -0.380. The lowest BCUT2D eigenvalue weighted by Gasteiger charge is -2.07. The van der Waals surface area contributed by atoms with Crippen LogP contribution in [0, 0.1) is 6.92 Å². The van der Waals surface area contributed by atoms with Gasteiger partial charge in [-0.3, -0.25) is 19.1 Å². The van der Waals surface area contributed by atoms with E-state index >= 15 is 0 Å². The molecule has 0 saturated carbocycles. The summed E-state index contributed by atoms with van der Waals surface area (Å²) in [5, 5.41) is 3.54. The molecule has 26 heavy (non-hydrogen) atoms. The molecular weight excluding hydrogens is 332 g/mol. The van der Waals surface area contributed by atoms with Crippen molar-refractivity contribution in [2.45, 2.75) is 20.0 Å². The van der Waals surface area contributed by atoms with Crippen LogP contribution in [-0.4, -0.2) is 20.4 Å². The Bertz CT molecular complexity index is 1180. The molecule has 0 fully saturated rings. The summed E-state index contributed by atoms with van der Waals surface area (Å²) in [6.45, 7) is 2.05. The van der Waals surface area contributed by atoms with Crippen molar-refractivity contribution in [1.29, 1.82) is 0 Å². The molecule has 4 rings (SSSR count). The van der Waals surface area contributed by atoms with E-state index in [1.54, 1.807) is 6.07 Å². The Morgan fingerprint density at radius 2 is 2.04 bits per heavy atom. The largest absolute Gasteiger partial charge is 0.448 e. The molecule has 4 aromatic rings. The zero-order chi connectivity index (χ0) is 18.1. The maximum Gasteiger partial charge on any atom is 0.297 e. The molecule has 130 valence electrons. The lowest BCUT2D eigenvalue weighted by molar-refractivity contribution is -0.121. The second-order valence-electron chi connectivity index (χ2n) is 6.00. The predicted octanol–water partition coefficient (Wildman–Crippen LogP) is 2.16. The average Bonchev–Trinajstić information content (AvgIpc) is 3.02. The van der Waals surface area contributed by atoms with E-state index in [1.165, 1.54) is 10.9 Å². The molecule has 3 heterocycles. The van der Waals surface area contributed by atoms with Gasteiger partial charge in [0.15, 0.2) is 0 Å². The number of aryl methyl sites for hydroxylation is 1. The maximum absolute atomic E-state index is 12.6. The van der Waals surface area contributed by atoms with Crippen molar-refractivity contribution >= 4 is 28.0 Å². The monoisotopic (exact) mass is 348 g/mol. The van der Waals surface area contributed by atoms with Crippen molar-refractivity contribution in [1.82, 2.24) is 19.9 Å². The van der Waals surface area contributed by atoms with Gasteiger partial charge in [0.1, 0.15) is 17.6 Å². The van der Waals surface area contributed by atoms with Crippen LogP contribution in [-0.2, 0) is 17.9 Å². The number of nitrogens with one attached hydrogen (secondary N) is 1. The molecule has 1 N–H and O–H groups in total. The van der Waals surface area contributed by atoms with E-state index in [4.69, 9.17) is 4.42 Å². The van der Waals surface area contributed by atoms with Crippen LogP contribution in [0.2, 0.25) is 0 Å². The highest BCUT2D eigenvalue weighted by Gasteiger charge is 2.14. The number of furan rings is 1. The minimum Gasteiger partial charge on any atom is -0.448 e. The SMILES string of the molecule is Cc1cccc(CNC(=O)Cn2cnc3c(oc4ccccc43)c2=O)n1. The normalized spacial score (nSPS) is 11.1. The summed E-state index contributed by atoms with van der Waals surface area (Å²) in [5.74, 6) is -0.298. The van der Waals surface area contributed by atoms with Gasteiger partial charge in [-0.15, -0.1) is 0 Å². The van der Waals surface area contributed by atoms with Crippen LogP contribution >= 0.6 is 0 Å². The smallest absolute Gasteiger partial charge is 0.297 e. The third-order valence-corrected chi connectivity index (χ3v) is 4.08. The first-order chi connectivity index (χ1) is 12.6. The van der Waals surface area contributed by atoms with Crippen molar-refractivity contribution < 1.29 is 9.21 Å². The number of benzene rings is 1. The van der Waals surface area contributed by atoms with E-state index in [0.717, 1.165) is 16.8 Å². The van der Waals surface area contributed by atoms with Crippen LogP contribution in [0.15, 0.2) is 58.0 Å². The van der Waals surface area contributed by atoms with Crippen molar-refractivity contribution in [2.75, 3.05) is 0 Å². The lowest BCUT2D eigenvalue weighted by Crippen LogP contribution is -2.32. The summed E-state index contributed by atoms with van der Waals surface area (Å²) in [5.41, 5.74) is 2.52. The molecule has 1 aromatic carbocycles. The lowest BCUT2D eigenvalue weighted by atomic mass is 10.2. The molecule has 0 bridgehead atoms. The number of hydrogen-bond acceptors (Lipinski definition) is 5. The number of hydrogen-bond donors (Lipinski definition) is 1. The number of rotatable bonds is 4. The van der Waals surface area contributed by atoms with Crippen LogP contribution < -0.4 is 10.9 Å². The van der Waals surface area contributed by atoms with Crippen molar-refractivity contribution in [3.05, 3.63) is 70.5 Å². The van der Waals surface area contributed by atoms with E-state index in [2.05, 4.69) is 15.3 Å². The topological polar surface area (TPSA) is 90.0 Å². The summed E-state index contributed by atoms with van der Waals surface area (Å²) in [4.78, 5) is 33.4. The van der Waals surface area contributed by atoms with Crippen LogP contribution in [0.1, 0.15) is 11.4 Å². The molecule has 7 heteroatoms. The van der Waals surface area contributed by atoms with E-state index in [0.29, 0.717) is 17.6 Å². The van der Waals surface area contributed by atoms with Gasteiger partial charge in [-0.25, -0.2) is 4.98 Å². The summed E-state index contributed by atoms with van der Waals surface area (Å²) in [6.07, 6.45) is 1.37. The highest BCUT2D eigenvalue weighted by atomic mass is 16.3. The third kappa shape index (κ3) is 2.95. The van der Waals surface area contributed by atoms with Crippen molar-refractivity contribution in [3.8, 4) is 0 Å². The molecule has 1 amide bonds. The number of fused-ring (bicyclic) bond motifs is 3. The Kier molecular flexibility index (Phi) is 3.96. The third-order valence-electron chi connectivity index (χ3n) is 4.08. The van der Waals surface area contributed by atoms with E-state index in [9.17, 15) is 9.59 Å². The Labute approximate surface area is 148 Å². The minimum absolute atomic E-state index is 0.134. The Balaban J connectivity index is 1.55. The van der Waals surface area contributed by atoms with Crippen LogP contribution in [0.4, 0.5) is 0 Å². The summed E-state index contributed by atoms with van der Waals surface area (Å²) in [6, 6.07) is 12.9. The quantitative estimate of drug-likeness (QED) is 0.610. The van der Waals surface area contributed by atoms with Gasteiger partial charge in [0.2, 0.25) is 11.5 Å². The number of aromatic nitrogens is 3. The number of amides is 1. The number of para-hydroxylation sites is 1. The Morgan fingerprint density at radius 3 is 2.88 bits per heavy atom. The summed E-state index contributed by atoms with van der Waals surface area (Å²) in [7, 11) is 0. The number of carbonyl (C=O) groups is 1. The van der Waals surface area contributed by atoms with Crippen LogP contribution in [0.3, 0.4) is 0 Å². The molecule has 0 aliphatic rings.